The summed E-state index contributed by atoms with van der Waals surface area (Å²) in [6.45, 7) is -0.753. The van der Waals surface area contributed by atoms with Gasteiger partial charge in [0.25, 0.3) is 10.0 Å². The van der Waals surface area contributed by atoms with Crippen molar-refractivity contribution in [2.24, 2.45) is 0 Å². The molecule has 12 heteroatoms. The highest BCUT2D eigenvalue weighted by Gasteiger charge is 2.36. The fourth-order valence-electron chi connectivity index (χ4n) is 5.85. The molecule has 0 spiro atoms. The Hall–Kier alpha value is -3.76. The zero-order valence-electron chi connectivity index (χ0n) is 26.3. The molecule has 0 unspecified atom stereocenters. The minimum atomic E-state index is -4.34. The third-order valence-corrected chi connectivity index (χ3v) is 10.9. The first kappa shape index (κ1) is 35.5. The second-order valence-corrected chi connectivity index (χ2v) is 14.7. The molecule has 2 amide bonds. The quantitative estimate of drug-likeness (QED) is 0.154. The van der Waals surface area contributed by atoms with Gasteiger partial charge in [-0.3, -0.25) is 13.9 Å². The van der Waals surface area contributed by atoms with Gasteiger partial charge in [0.1, 0.15) is 18.3 Å². The number of nitrogens with one attached hydrogen (secondary N) is 1. The van der Waals surface area contributed by atoms with Crippen LogP contribution in [-0.2, 0) is 32.6 Å². The van der Waals surface area contributed by atoms with Crippen LogP contribution in [0.4, 0.5) is 5.69 Å². The third kappa shape index (κ3) is 8.63. The van der Waals surface area contributed by atoms with E-state index < -0.39 is 28.5 Å². The monoisotopic (exact) mass is 727 g/mol. The molecule has 0 saturated heterocycles. The zero-order chi connectivity index (χ0) is 34.3. The Morgan fingerprint density at radius 3 is 2.15 bits per heavy atom. The van der Waals surface area contributed by atoms with Gasteiger partial charge in [-0.05, 0) is 66.4 Å². The first-order valence-corrected chi connectivity index (χ1v) is 18.1. The lowest BCUT2D eigenvalue weighted by Gasteiger charge is -2.34. The standard InChI is InChI=1S/C36H36Cl3N3O5S/c1-47-34-19-18-28(38)22-32(34)42(48(45,46)30-14-6-3-7-15-30)24-35(43)41(23-26-16-17-27(37)21-31(26)39)33(20-25-10-4-2-5-11-25)36(44)40-29-12-8-9-13-29/h2-7,10-11,14-19,21-22,29,33H,8-9,12-13,20,23-24H2,1H3,(H,40,44)/t33-/m0/s1. The number of rotatable bonds is 13. The van der Waals surface area contributed by atoms with Crippen LogP contribution in [0.15, 0.2) is 102 Å². The van der Waals surface area contributed by atoms with Crippen LogP contribution in [0.3, 0.4) is 0 Å². The van der Waals surface area contributed by atoms with E-state index >= 15 is 0 Å². The molecule has 252 valence electrons. The molecule has 4 aromatic rings. The maximum Gasteiger partial charge on any atom is 0.264 e. The number of methoxy groups -OCH3 is 1. The molecule has 8 nitrogen and oxygen atoms in total. The van der Waals surface area contributed by atoms with E-state index in [-0.39, 0.29) is 46.3 Å². The van der Waals surface area contributed by atoms with Gasteiger partial charge in [0.15, 0.2) is 0 Å². The molecule has 0 aliphatic heterocycles. The molecule has 0 aromatic heterocycles. The van der Waals surface area contributed by atoms with Crippen molar-refractivity contribution < 1.29 is 22.7 Å². The van der Waals surface area contributed by atoms with Crippen LogP contribution in [-0.4, -0.2) is 50.9 Å². The van der Waals surface area contributed by atoms with E-state index in [1.807, 2.05) is 30.3 Å². The summed E-state index contributed by atoms with van der Waals surface area (Å²) in [6.07, 6.45) is 3.88. The van der Waals surface area contributed by atoms with Crippen LogP contribution in [0.1, 0.15) is 36.8 Å². The lowest BCUT2D eigenvalue weighted by atomic mass is 10.0. The smallest absolute Gasteiger partial charge is 0.264 e. The fraction of sp³-hybridized carbons (Fsp3) is 0.278. The van der Waals surface area contributed by atoms with Gasteiger partial charge in [0.2, 0.25) is 11.8 Å². The van der Waals surface area contributed by atoms with Gasteiger partial charge in [-0.25, -0.2) is 8.42 Å². The minimum absolute atomic E-state index is 0.0162. The van der Waals surface area contributed by atoms with E-state index in [1.54, 1.807) is 42.5 Å². The molecule has 0 heterocycles. The predicted molar refractivity (Wildman–Crippen MR) is 190 cm³/mol. The molecule has 1 N–H and O–H groups in total. The number of amides is 2. The third-order valence-electron chi connectivity index (χ3n) is 8.35. The van der Waals surface area contributed by atoms with E-state index in [0.717, 1.165) is 35.6 Å². The zero-order valence-corrected chi connectivity index (χ0v) is 29.4. The van der Waals surface area contributed by atoms with Crippen LogP contribution in [0.5, 0.6) is 5.75 Å². The van der Waals surface area contributed by atoms with Crippen molar-refractivity contribution in [3.05, 3.63) is 123 Å². The molecule has 1 aliphatic carbocycles. The molecule has 0 bridgehead atoms. The van der Waals surface area contributed by atoms with Crippen molar-refractivity contribution >= 4 is 62.3 Å². The Bertz CT molecular complexity index is 1840. The second-order valence-electron chi connectivity index (χ2n) is 11.6. The molecular formula is C36H36Cl3N3O5S. The first-order chi connectivity index (χ1) is 23.1. The minimum Gasteiger partial charge on any atom is -0.495 e. The van der Waals surface area contributed by atoms with E-state index in [9.17, 15) is 18.0 Å². The Morgan fingerprint density at radius 2 is 1.50 bits per heavy atom. The highest BCUT2D eigenvalue weighted by Crippen LogP contribution is 2.35. The number of carbonyl (C=O) groups excluding carboxylic acids is 2. The Morgan fingerprint density at radius 1 is 0.875 bits per heavy atom. The van der Waals surface area contributed by atoms with Crippen molar-refractivity contribution in [1.82, 2.24) is 10.2 Å². The summed E-state index contributed by atoms with van der Waals surface area (Å²) < 4.78 is 35.1. The van der Waals surface area contributed by atoms with Gasteiger partial charge in [-0.15, -0.1) is 0 Å². The van der Waals surface area contributed by atoms with Crippen molar-refractivity contribution in [2.75, 3.05) is 18.0 Å². The maximum atomic E-state index is 14.7. The predicted octanol–water partition coefficient (Wildman–Crippen LogP) is 7.55. The largest absolute Gasteiger partial charge is 0.495 e. The van der Waals surface area contributed by atoms with Crippen LogP contribution >= 0.6 is 34.8 Å². The van der Waals surface area contributed by atoms with E-state index in [1.165, 1.54) is 36.3 Å². The first-order valence-electron chi connectivity index (χ1n) is 15.6. The summed E-state index contributed by atoms with van der Waals surface area (Å²) in [4.78, 5) is 30.3. The Kier molecular flexibility index (Phi) is 11.9. The molecule has 0 radical (unpaired) electrons. The summed E-state index contributed by atoms with van der Waals surface area (Å²) in [5, 5.41) is 4.12. The maximum absolute atomic E-state index is 14.7. The van der Waals surface area contributed by atoms with Gasteiger partial charge in [-0.1, -0.05) is 102 Å². The number of anilines is 1. The van der Waals surface area contributed by atoms with Crippen LogP contribution < -0.4 is 14.4 Å². The van der Waals surface area contributed by atoms with Gasteiger partial charge in [-0.2, -0.15) is 0 Å². The SMILES string of the molecule is COc1ccc(Cl)cc1N(CC(=O)N(Cc1ccc(Cl)cc1Cl)[C@@H](Cc1ccccc1)C(=O)NC1CCCC1)S(=O)(=O)c1ccccc1. The average molecular weight is 729 g/mol. The highest BCUT2D eigenvalue weighted by molar-refractivity contribution is 7.92. The molecule has 1 fully saturated rings. The average Bonchev–Trinajstić information content (AvgIpc) is 3.59. The number of sulfonamides is 1. The van der Waals surface area contributed by atoms with Gasteiger partial charge in [0.05, 0.1) is 17.7 Å². The summed E-state index contributed by atoms with van der Waals surface area (Å²) in [5.74, 6) is -0.772. The molecule has 1 saturated carbocycles. The van der Waals surface area contributed by atoms with E-state index in [4.69, 9.17) is 39.5 Å². The molecule has 48 heavy (non-hydrogen) atoms. The van der Waals surface area contributed by atoms with Crippen molar-refractivity contribution in [3.8, 4) is 5.75 Å². The summed E-state index contributed by atoms with van der Waals surface area (Å²) in [5.41, 5.74) is 1.44. The molecule has 1 atom stereocenters. The van der Waals surface area contributed by atoms with E-state index in [0.29, 0.717) is 15.6 Å². The number of ether oxygens (including phenoxy) is 1. The summed E-state index contributed by atoms with van der Waals surface area (Å²) >= 11 is 19.2. The van der Waals surface area contributed by atoms with Crippen molar-refractivity contribution in [1.29, 1.82) is 0 Å². The van der Waals surface area contributed by atoms with Gasteiger partial charge >= 0.3 is 0 Å². The lowest BCUT2D eigenvalue weighted by Crippen LogP contribution is -2.54. The molecule has 5 rings (SSSR count). The lowest BCUT2D eigenvalue weighted by molar-refractivity contribution is -0.140. The highest BCUT2D eigenvalue weighted by atomic mass is 35.5. The summed E-state index contributed by atoms with van der Waals surface area (Å²) in [6, 6.07) is 25.6. The van der Waals surface area contributed by atoms with Crippen LogP contribution in [0.2, 0.25) is 15.1 Å². The normalized spacial score (nSPS) is 13.9. The fourth-order valence-corrected chi connectivity index (χ4v) is 7.92. The molecule has 1 aliphatic rings. The van der Waals surface area contributed by atoms with Crippen LogP contribution in [0.25, 0.3) is 0 Å². The Labute approximate surface area is 296 Å². The van der Waals surface area contributed by atoms with Gasteiger partial charge in [0, 0.05) is 34.1 Å². The number of carbonyl (C=O) groups is 2. The summed E-state index contributed by atoms with van der Waals surface area (Å²) in [7, 11) is -2.94. The number of halogens is 3. The molecular weight excluding hydrogens is 693 g/mol. The number of hydrogen-bond donors (Lipinski definition) is 1. The van der Waals surface area contributed by atoms with Crippen molar-refractivity contribution in [3.63, 3.8) is 0 Å². The second kappa shape index (κ2) is 16.1. The van der Waals surface area contributed by atoms with Gasteiger partial charge < -0.3 is 15.0 Å². The Balaban J connectivity index is 1.61. The molecule has 4 aromatic carbocycles. The number of nitrogens with zero attached hydrogens (tertiary/aromatic N) is 2. The number of benzene rings is 4. The topological polar surface area (TPSA) is 96.0 Å². The number of hydrogen-bond acceptors (Lipinski definition) is 5. The van der Waals surface area contributed by atoms with Crippen molar-refractivity contribution in [2.45, 2.75) is 55.6 Å². The van der Waals surface area contributed by atoms with E-state index in [2.05, 4.69) is 5.32 Å². The van der Waals surface area contributed by atoms with Crippen LogP contribution in [0, 0.1) is 0 Å².